The molecule has 126 valence electrons. The van der Waals surface area contributed by atoms with Gasteiger partial charge in [-0.1, -0.05) is 52.3 Å². The highest BCUT2D eigenvalue weighted by atomic mass is 32.1. The number of fused-ring (bicyclic) bond motifs is 1. The molecule has 2 aromatic rings. The summed E-state index contributed by atoms with van der Waals surface area (Å²) < 4.78 is 1.20. The van der Waals surface area contributed by atoms with Gasteiger partial charge in [-0.15, -0.1) is 11.3 Å². The Morgan fingerprint density at radius 3 is 2.39 bits per heavy atom. The predicted octanol–water partition coefficient (Wildman–Crippen LogP) is 5.80. The van der Waals surface area contributed by atoms with Gasteiger partial charge in [-0.25, -0.2) is 0 Å². The van der Waals surface area contributed by atoms with Crippen molar-refractivity contribution < 1.29 is 4.79 Å². The molecule has 0 unspecified atom stereocenters. The van der Waals surface area contributed by atoms with Crippen molar-refractivity contribution in [2.45, 2.75) is 66.3 Å². The van der Waals surface area contributed by atoms with Crippen molar-refractivity contribution in [3.05, 3.63) is 34.7 Å². The van der Waals surface area contributed by atoms with Gasteiger partial charge < -0.3 is 5.32 Å². The van der Waals surface area contributed by atoms with Crippen LogP contribution in [0, 0.1) is 5.41 Å². The van der Waals surface area contributed by atoms with Gasteiger partial charge in [0, 0.05) is 10.2 Å². The fourth-order valence-electron chi connectivity index (χ4n) is 3.51. The van der Waals surface area contributed by atoms with Crippen LogP contribution in [0.1, 0.15) is 69.6 Å². The summed E-state index contributed by atoms with van der Waals surface area (Å²) in [7, 11) is 0. The Labute approximate surface area is 144 Å². The molecule has 1 amide bonds. The topological polar surface area (TPSA) is 29.1 Å². The summed E-state index contributed by atoms with van der Waals surface area (Å²) in [6, 6.07) is 8.34. The van der Waals surface area contributed by atoms with E-state index in [-0.39, 0.29) is 16.9 Å². The van der Waals surface area contributed by atoms with Gasteiger partial charge in [-0.05, 0) is 49.1 Å². The number of rotatable bonds is 5. The Morgan fingerprint density at radius 2 is 1.78 bits per heavy atom. The summed E-state index contributed by atoms with van der Waals surface area (Å²) in [4.78, 5) is 13.8. The first-order valence-corrected chi connectivity index (χ1v) is 9.27. The highest BCUT2D eigenvalue weighted by Crippen LogP contribution is 2.33. The number of carbonyl (C=O) groups excluding carboxylic acids is 1. The third-order valence-electron chi connectivity index (χ3n) is 3.83. The molecule has 0 spiro atoms. The smallest absolute Gasteiger partial charge is 0.262 e. The second-order valence-corrected chi connectivity index (χ2v) is 9.28. The number of carbonyl (C=O) groups is 1. The third-order valence-corrected chi connectivity index (χ3v) is 5.04. The highest BCUT2D eigenvalue weighted by molar-refractivity contribution is 7.21. The zero-order chi connectivity index (χ0) is 17.3. The first-order valence-electron chi connectivity index (χ1n) is 8.46. The Balaban J connectivity index is 2.32. The molecule has 0 aliphatic heterocycles. The van der Waals surface area contributed by atoms with Crippen LogP contribution in [-0.2, 0) is 6.42 Å². The van der Waals surface area contributed by atoms with E-state index in [1.54, 1.807) is 11.3 Å². The van der Waals surface area contributed by atoms with Crippen molar-refractivity contribution >= 4 is 27.3 Å². The van der Waals surface area contributed by atoms with Crippen LogP contribution in [-0.4, -0.2) is 11.4 Å². The van der Waals surface area contributed by atoms with E-state index in [2.05, 4.69) is 65.1 Å². The van der Waals surface area contributed by atoms with Crippen LogP contribution in [0.15, 0.2) is 24.3 Å². The maximum Gasteiger partial charge on any atom is 0.262 e. The van der Waals surface area contributed by atoms with Gasteiger partial charge in [0.05, 0.1) is 4.88 Å². The lowest BCUT2D eigenvalue weighted by molar-refractivity contribution is 0.0895. The number of amides is 1. The number of hydrogen-bond acceptors (Lipinski definition) is 2. The Hall–Kier alpha value is -1.35. The zero-order valence-corrected chi connectivity index (χ0v) is 16.1. The Kier molecular flexibility index (Phi) is 5.20. The van der Waals surface area contributed by atoms with Crippen LogP contribution in [0.4, 0.5) is 0 Å². The van der Waals surface area contributed by atoms with E-state index in [0.29, 0.717) is 0 Å². The molecule has 1 aromatic carbocycles. The first kappa shape index (κ1) is 18.0. The van der Waals surface area contributed by atoms with Crippen molar-refractivity contribution in [1.82, 2.24) is 5.32 Å². The summed E-state index contributed by atoms with van der Waals surface area (Å²) in [5, 5.41) is 4.49. The second kappa shape index (κ2) is 6.64. The Morgan fingerprint density at radius 1 is 1.13 bits per heavy atom. The van der Waals surface area contributed by atoms with Crippen LogP contribution in [0.25, 0.3) is 10.1 Å². The van der Waals surface area contributed by atoms with Gasteiger partial charge in [0.25, 0.3) is 5.91 Å². The summed E-state index contributed by atoms with van der Waals surface area (Å²) in [5.41, 5.74) is 1.18. The second-order valence-electron chi connectivity index (χ2n) is 8.23. The highest BCUT2D eigenvalue weighted by Gasteiger charge is 2.29. The molecule has 1 heterocycles. The van der Waals surface area contributed by atoms with E-state index in [9.17, 15) is 4.79 Å². The molecule has 2 nitrogen and oxygen atoms in total. The van der Waals surface area contributed by atoms with Crippen molar-refractivity contribution in [3.8, 4) is 0 Å². The monoisotopic (exact) mass is 331 g/mol. The van der Waals surface area contributed by atoms with E-state index < -0.39 is 0 Å². The average Bonchev–Trinajstić information content (AvgIpc) is 2.75. The molecule has 23 heavy (non-hydrogen) atoms. The number of thiophene rings is 1. The van der Waals surface area contributed by atoms with Crippen LogP contribution >= 0.6 is 11.3 Å². The lowest BCUT2D eigenvalue weighted by atomic mass is 9.82. The number of aryl methyl sites for hydroxylation is 1. The molecule has 0 fully saturated rings. The summed E-state index contributed by atoms with van der Waals surface area (Å²) in [6.07, 6.45) is 2.94. The summed E-state index contributed by atoms with van der Waals surface area (Å²) in [6.45, 7) is 13.0. The molecule has 0 saturated carbocycles. The normalized spacial score (nSPS) is 12.6. The van der Waals surface area contributed by atoms with E-state index >= 15 is 0 Å². The molecule has 1 aromatic heterocycles. The van der Waals surface area contributed by atoms with Crippen LogP contribution in [0.5, 0.6) is 0 Å². The van der Waals surface area contributed by atoms with E-state index in [4.69, 9.17) is 0 Å². The number of benzene rings is 1. The van der Waals surface area contributed by atoms with Crippen molar-refractivity contribution in [3.63, 3.8) is 0 Å². The van der Waals surface area contributed by atoms with Crippen molar-refractivity contribution in [1.29, 1.82) is 0 Å². The van der Waals surface area contributed by atoms with E-state index in [0.717, 1.165) is 24.1 Å². The minimum absolute atomic E-state index is 0.0731. The third kappa shape index (κ3) is 4.57. The van der Waals surface area contributed by atoms with Gasteiger partial charge in [0.2, 0.25) is 0 Å². The molecule has 0 aliphatic rings. The summed E-state index contributed by atoms with van der Waals surface area (Å²) in [5.74, 6) is 0.0731. The molecular formula is C20H29NOS. The van der Waals surface area contributed by atoms with Gasteiger partial charge >= 0.3 is 0 Å². The number of hydrogen-bond donors (Lipinski definition) is 1. The lowest BCUT2D eigenvalue weighted by Gasteiger charge is -2.33. The first-order chi connectivity index (χ1) is 10.6. The lowest BCUT2D eigenvalue weighted by Crippen LogP contribution is -2.45. The standard InChI is InChI=1S/C20H29NOS/c1-7-10-15-14-11-8-9-12-16(14)23-17(15)18(22)21-20(5,6)13-19(2,3)4/h8-9,11-12H,7,10,13H2,1-6H3,(H,21,22). The van der Waals surface area contributed by atoms with Gasteiger partial charge in [-0.3, -0.25) is 4.79 Å². The predicted molar refractivity (Wildman–Crippen MR) is 101 cm³/mol. The summed E-state index contributed by atoms with van der Waals surface area (Å²) >= 11 is 1.62. The van der Waals surface area contributed by atoms with E-state index in [1.165, 1.54) is 15.6 Å². The molecule has 2 rings (SSSR count). The molecule has 0 aliphatic carbocycles. The van der Waals surface area contributed by atoms with Crippen LogP contribution in [0.2, 0.25) is 0 Å². The van der Waals surface area contributed by atoms with Crippen LogP contribution in [0.3, 0.4) is 0 Å². The average molecular weight is 332 g/mol. The fraction of sp³-hybridized carbons (Fsp3) is 0.550. The molecular weight excluding hydrogens is 302 g/mol. The molecule has 0 saturated heterocycles. The maximum absolute atomic E-state index is 12.9. The quantitative estimate of drug-likeness (QED) is 0.737. The van der Waals surface area contributed by atoms with Crippen molar-refractivity contribution in [2.24, 2.45) is 5.41 Å². The molecule has 0 atom stereocenters. The van der Waals surface area contributed by atoms with Gasteiger partial charge in [-0.2, -0.15) is 0 Å². The van der Waals surface area contributed by atoms with Crippen molar-refractivity contribution in [2.75, 3.05) is 0 Å². The molecule has 1 N–H and O–H groups in total. The fourth-order valence-corrected chi connectivity index (χ4v) is 4.66. The van der Waals surface area contributed by atoms with E-state index in [1.807, 2.05) is 6.07 Å². The minimum atomic E-state index is -0.213. The van der Waals surface area contributed by atoms with Gasteiger partial charge in [0.1, 0.15) is 0 Å². The zero-order valence-electron chi connectivity index (χ0n) is 15.2. The largest absolute Gasteiger partial charge is 0.346 e. The Bertz CT molecular complexity index is 691. The minimum Gasteiger partial charge on any atom is -0.346 e. The van der Waals surface area contributed by atoms with Gasteiger partial charge in [0.15, 0.2) is 0 Å². The number of nitrogens with one attached hydrogen (secondary N) is 1. The van der Waals surface area contributed by atoms with Crippen LogP contribution < -0.4 is 5.32 Å². The molecule has 3 heteroatoms. The molecule has 0 radical (unpaired) electrons. The maximum atomic E-state index is 12.9. The molecule has 0 bridgehead atoms. The SMILES string of the molecule is CCCc1c(C(=O)NC(C)(C)CC(C)(C)C)sc2ccccc12.